The fourth-order valence-corrected chi connectivity index (χ4v) is 5.26. The Labute approximate surface area is 116 Å². The van der Waals surface area contributed by atoms with Crippen LogP contribution in [0.1, 0.15) is 43.2 Å². The van der Waals surface area contributed by atoms with E-state index >= 15 is 0 Å². The van der Waals surface area contributed by atoms with Gasteiger partial charge in [0.05, 0.1) is 0 Å². The lowest BCUT2D eigenvalue weighted by atomic mass is 9.79. The zero-order valence-electron chi connectivity index (χ0n) is 11.9. The van der Waals surface area contributed by atoms with Gasteiger partial charge in [-0.05, 0) is 61.8 Å². The third kappa shape index (κ3) is 2.03. The molecular formula is C18H25N. The van der Waals surface area contributed by atoms with Gasteiger partial charge < -0.3 is 5.32 Å². The number of benzene rings is 1. The van der Waals surface area contributed by atoms with Crippen LogP contribution in [0.4, 0.5) is 0 Å². The van der Waals surface area contributed by atoms with Gasteiger partial charge in [-0.3, -0.25) is 0 Å². The van der Waals surface area contributed by atoms with E-state index in [9.17, 15) is 0 Å². The van der Waals surface area contributed by atoms with Crippen molar-refractivity contribution in [1.82, 2.24) is 5.32 Å². The lowest BCUT2D eigenvalue weighted by Crippen LogP contribution is -2.38. The first-order chi connectivity index (χ1) is 9.31. The van der Waals surface area contributed by atoms with Crippen LogP contribution in [0, 0.1) is 30.6 Å². The molecule has 0 radical (unpaired) electrons. The second kappa shape index (κ2) is 4.63. The summed E-state index contributed by atoms with van der Waals surface area (Å²) in [6.07, 6.45) is 7.55. The quantitative estimate of drug-likeness (QED) is 0.863. The maximum absolute atomic E-state index is 3.86. The molecule has 2 bridgehead atoms. The van der Waals surface area contributed by atoms with Gasteiger partial charge >= 0.3 is 0 Å². The molecule has 1 aromatic rings. The number of rotatable bonds is 3. The molecule has 0 aliphatic heterocycles. The molecule has 1 heteroatoms. The summed E-state index contributed by atoms with van der Waals surface area (Å²) in [6, 6.07) is 9.81. The number of fused-ring (bicyclic) bond motifs is 5. The molecule has 0 heterocycles. The summed E-state index contributed by atoms with van der Waals surface area (Å²) in [7, 11) is 0. The maximum Gasteiger partial charge on any atom is 0.0208 e. The van der Waals surface area contributed by atoms with Crippen molar-refractivity contribution in [3.63, 3.8) is 0 Å². The summed E-state index contributed by atoms with van der Waals surface area (Å²) in [4.78, 5) is 0. The molecule has 0 amide bonds. The summed E-state index contributed by atoms with van der Waals surface area (Å²) in [5.41, 5.74) is 2.80. The Balaban J connectivity index is 1.38. The SMILES string of the molecule is Cc1ccc(CNC2CC3CC2C2CCCC32)cc1. The highest BCUT2D eigenvalue weighted by atomic mass is 14.9. The first-order valence-corrected chi connectivity index (χ1v) is 8.10. The Morgan fingerprint density at radius 2 is 1.79 bits per heavy atom. The molecule has 3 aliphatic rings. The van der Waals surface area contributed by atoms with E-state index in [0.717, 1.165) is 36.3 Å². The molecule has 19 heavy (non-hydrogen) atoms. The second-order valence-electron chi connectivity index (χ2n) is 7.13. The lowest BCUT2D eigenvalue weighted by molar-refractivity contribution is 0.208. The van der Waals surface area contributed by atoms with Crippen LogP contribution in [0.2, 0.25) is 0 Å². The van der Waals surface area contributed by atoms with Crippen molar-refractivity contribution in [3.05, 3.63) is 35.4 Å². The van der Waals surface area contributed by atoms with Gasteiger partial charge in [-0.1, -0.05) is 36.2 Å². The highest BCUT2D eigenvalue weighted by Gasteiger charge is 2.53. The first kappa shape index (κ1) is 12.0. The highest BCUT2D eigenvalue weighted by Crippen LogP contribution is 2.58. The van der Waals surface area contributed by atoms with Gasteiger partial charge in [-0.15, -0.1) is 0 Å². The van der Waals surface area contributed by atoms with E-state index in [2.05, 4.69) is 36.5 Å². The van der Waals surface area contributed by atoms with E-state index in [0.29, 0.717) is 0 Å². The van der Waals surface area contributed by atoms with Crippen molar-refractivity contribution in [2.45, 2.75) is 51.6 Å². The van der Waals surface area contributed by atoms with Gasteiger partial charge in [0.2, 0.25) is 0 Å². The fraction of sp³-hybridized carbons (Fsp3) is 0.667. The summed E-state index contributed by atoms with van der Waals surface area (Å²) in [5, 5.41) is 3.86. The fourth-order valence-electron chi connectivity index (χ4n) is 5.26. The molecule has 0 saturated heterocycles. The molecule has 1 nitrogen and oxygen atoms in total. The Bertz CT molecular complexity index is 449. The number of hydrogen-bond acceptors (Lipinski definition) is 1. The van der Waals surface area contributed by atoms with Gasteiger partial charge in [0.15, 0.2) is 0 Å². The van der Waals surface area contributed by atoms with E-state index < -0.39 is 0 Å². The zero-order valence-corrected chi connectivity index (χ0v) is 11.9. The summed E-state index contributed by atoms with van der Waals surface area (Å²) in [5.74, 6) is 4.26. The average Bonchev–Trinajstić information content (AvgIpc) is 3.10. The monoisotopic (exact) mass is 255 g/mol. The summed E-state index contributed by atoms with van der Waals surface area (Å²) in [6.45, 7) is 3.22. The molecule has 5 atom stereocenters. The van der Waals surface area contributed by atoms with Crippen LogP contribution in [0.5, 0.6) is 0 Å². The third-order valence-electron chi connectivity index (χ3n) is 6.12. The van der Waals surface area contributed by atoms with Gasteiger partial charge in [-0.25, -0.2) is 0 Å². The number of aryl methyl sites for hydroxylation is 1. The molecular weight excluding hydrogens is 230 g/mol. The molecule has 1 aromatic carbocycles. The van der Waals surface area contributed by atoms with Crippen LogP contribution < -0.4 is 5.32 Å². The molecule has 1 N–H and O–H groups in total. The van der Waals surface area contributed by atoms with Gasteiger partial charge in [0.1, 0.15) is 0 Å². The van der Waals surface area contributed by atoms with Crippen molar-refractivity contribution >= 4 is 0 Å². The van der Waals surface area contributed by atoms with E-state index in [1.165, 1.54) is 43.2 Å². The minimum absolute atomic E-state index is 0.811. The number of hydrogen-bond donors (Lipinski definition) is 1. The van der Waals surface area contributed by atoms with E-state index in [4.69, 9.17) is 0 Å². The predicted molar refractivity (Wildman–Crippen MR) is 78.9 cm³/mol. The zero-order chi connectivity index (χ0) is 12.8. The largest absolute Gasteiger partial charge is 0.310 e. The molecule has 3 fully saturated rings. The van der Waals surface area contributed by atoms with Crippen molar-refractivity contribution in [1.29, 1.82) is 0 Å². The molecule has 4 rings (SSSR count). The lowest BCUT2D eigenvalue weighted by Gasteiger charge is -2.32. The highest BCUT2D eigenvalue weighted by molar-refractivity contribution is 5.21. The van der Waals surface area contributed by atoms with Gasteiger partial charge in [0, 0.05) is 12.6 Å². The maximum atomic E-state index is 3.86. The summed E-state index contributed by atoms with van der Waals surface area (Å²) < 4.78 is 0. The number of nitrogens with one attached hydrogen (secondary N) is 1. The Hall–Kier alpha value is -0.820. The molecule has 3 saturated carbocycles. The van der Waals surface area contributed by atoms with Crippen LogP contribution in [-0.4, -0.2) is 6.04 Å². The Morgan fingerprint density at radius 1 is 1.00 bits per heavy atom. The Morgan fingerprint density at radius 3 is 2.63 bits per heavy atom. The van der Waals surface area contributed by atoms with E-state index in [-0.39, 0.29) is 0 Å². The van der Waals surface area contributed by atoms with Crippen LogP contribution in [0.25, 0.3) is 0 Å². The van der Waals surface area contributed by atoms with Gasteiger partial charge in [0.25, 0.3) is 0 Å². The van der Waals surface area contributed by atoms with Crippen LogP contribution in [-0.2, 0) is 6.54 Å². The van der Waals surface area contributed by atoms with E-state index in [1.807, 2.05) is 0 Å². The smallest absolute Gasteiger partial charge is 0.0208 e. The predicted octanol–water partition coefficient (Wildman–Crippen LogP) is 3.91. The van der Waals surface area contributed by atoms with Crippen molar-refractivity contribution in [3.8, 4) is 0 Å². The standard InChI is InChI=1S/C18H25N/c1-12-5-7-13(8-6-12)11-19-18-10-14-9-17(18)16-4-2-3-15(14)16/h5-8,14-19H,2-4,9-11H2,1H3. The van der Waals surface area contributed by atoms with Crippen molar-refractivity contribution in [2.24, 2.45) is 23.7 Å². The minimum Gasteiger partial charge on any atom is -0.310 e. The minimum atomic E-state index is 0.811. The van der Waals surface area contributed by atoms with Crippen molar-refractivity contribution in [2.75, 3.05) is 0 Å². The average molecular weight is 255 g/mol. The van der Waals surface area contributed by atoms with Crippen molar-refractivity contribution < 1.29 is 0 Å². The third-order valence-corrected chi connectivity index (χ3v) is 6.12. The molecule has 0 spiro atoms. The molecule has 5 unspecified atom stereocenters. The molecule has 3 aliphatic carbocycles. The van der Waals surface area contributed by atoms with E-state index in [1.54, 1.807) is 0 Å². The Kier molecular flexibility index (Phi) is 2.91. The van der Waals surface area contributed by atoms with Crippen LogP contribution in [0.15, 0.2) is 24.3 Å². The van der Waals surface area contributed by atoms with Crippen LogP contribution in [0.3, 0.4) is 0 Å². The van der Waals surface area contributed by atoms with Gasteiger partial charge in [-0.2, -0.15) is 0 Å². The second-order valence-corrected chi connectivity index (χ2v) is 7.13. The molecule has 0 aromatic heterocycles. The first-order valence-electron chi connectivity index (χ1n) is 8.10. The van der Waals surface area contributed by atoms with Crippen LogP contribution >= 0.6 is 0 Å². The topological polar surface area (TPSA) is 12.0 Å². The summed E-state index contributed by atoms with van der Waals surface area (Å²) >= 11 is 0. The molecule has 102 valence electrons. The normalized spacial score (nSPS) is 39.7.